The van der Waals surface area contributed by atoms with Crippen molar-refractivity contribution in [1.29, 1.82) is 0 Å². The number of urea groups is 1. The lowest BCUT2D eigenvalue weighted by Crippen LogP contribution is -2.39. The summed E-state index contributed by atoms with van der Waals surface area (Å²) in [4.78, 5) is 28.9. The summed E-state index contributed by atoms with van der Waals surface area (Å²) in [6, 6.07) is 13.1. The van der Waals surface area contributed by atoms with Crippen molar-refractivity contribution < 1.29 is 31.7 Å². The van der Waals surface area contributed by atoms with E-state index in [-0.39, 0.29) is 24.8 Å². The van der Waals surface area contributed by atoms with Crippen LogP contribution in [0.25, 0.3) is 0 Å². The molecule has 2 aliphatic heterocycles. The highest BCUT2D eigenvalue weighted by Crippen LogP contribution is 2.31. The third kappa shape index (κ3) is 4.89. The molecule has 12 heteroatoms. The van der Waals surface area contributed by atoms with E-state index in [2.05, 4.69) is 5.32 Å². The van der Waals surface area contributed by atoms with Crippen LogP contribution in [0, 0.1) is 5.82 Å². The van der Waals surface area contributed by atoms with Gasteiger partial charge in [0.1, 0.15) is 11.2 Å². The van der Waals surface area contributed by atoms with Crippen LogP contribution in [-0.2, 0) is 19.6 Å². The van der Waals surface area contributed by atoms with E-state index in [1.165, 1.54) is 24.0 Å². The van der Waals surface area contributed by atoms with E-state index in [1.807, 2.05) is 30.3 Å². The van der Waals surface area contributed by atoms with Crippen molar-refractivity contribution in [2.24, 2.45) is 0 Å². The molecule has 0 radical (unpaired) electrons. The van der Waals surface area contributed by atoms with E-state index in [4.69, 9.17) is 9.29 Å². The van der Waals surface area contributed by atoms with E-state index in [0.29, 0.717) is 25.1 Å². The number of para-hydroxylation sites is 1. The Hall–Kier alpha value is -3.06. The molecule has 0 spiro atoms. The van der Waals surface area contributed by atoms with Gasteiger partial charge in [-0.25, -0.2) is 9.18 Å². The molecule has 2 N–H and O–H groups in total. The van der Waals surface area contributed by atoms with E-state index >= 15 is 4.39 Å². The van der Waals surface area contributed by atoms with Gasteiger partial charge in [-0.05, 0) is 37.3 Å². The highest BCUT2D eigenvalue weighted by atomic mass is 32.2. The van der Waals surface area contributed by atoms with Gasteiger partial charge in [-0.2, -0.15) is 8.42 Å². The lowest BCUT2D eigenvalue weighted by molar-refractivity contribution is -0.117. The number of nitrogens with one attached hydrogen (secondary N) is 1. The molecule has 0 saturated carbocycles. The first kappa shape index (κ1) is 24.1. The van der Waals surface area contributed by atoms with Crippen LogP contribution in [-0.4, -0.2) is 69.2 Å². The number of nitrogens with zero attached hydrogens (tertiary/aromatic N) is 3. The minimum atomic E-state index is -4.26. The minimum Gasteiger partial charge on any atom is -0.345 e. The summed E-state index contributed by atoms with van der Waals surface area (Å²) in [7, 11) is -4.26. The molecule has 2 unspecified atom stereocenters. The number of anilines is 3. The molecule has 2 heterocycles. The third-order valence-corrected chi connectivity index (χ3v) is 6.93. The van der Waals surface area contributed by atoms with Crippen LogP contribution in [0.2, 0.25) is 0 Å². The maximum Gasteiger partial charge on any atom is 0.329 e. The smallest absolute Gasteiger partial charge is 0.329 e. The first-order valence-corrected chi connectivity index (χ1v) is 12.2. The number of amides is 2. The van der Waals surface area contributed by atoms with Crippen molar-refractivity contribution in [2.45, 2.75) is 24.6 Å². The van der Waals surface area contributed by atoms with Crippen LogP contribution in [0.4, 0.5) is 26.2 Å². The van der Waals surface area contributed by atoms with Crippen molar-refractivity contribution in [2.75, 3.05) is 40.9 Å². The Labute approximate surface area is 196 Å². The molecule has 2 amide bonds. The van der Waals surface area contributed by atoms with E-state index < -0.39 is 33.6 Å². The summed E-state index contributed by atoms with van der Waals surface area (Å²) >= 11 is 0. The first-order chi connectivity index (χ1) is 16.2. The van der Waals surface area contributed by atoms with Crippen LogP contribution in [0.3, 0.4) is 0 Å². The molecule has 2 fully saturated rings. The zero-order valence-corrected chi connectivity index (χ0v) is 19.2. The summed E-state index contributed by atoms with van der Waals surface area (Å²) in [6.07, 6.45) is -0.985. The van der Waals surface area contributed by atoms with Crippen LogP contribution in [0.1, 0.15) is 6.92 Å². The lowest BCUT2D eigenvalue weighted by Gasteiger charge is -2.23. The molecule has 4 rings (SSSR count). The predicted octanol–water partition coefficient (Wildman–Crippen LogP) is 1.83. The molecule has 3 atom stereocenters. The fourth-order valence-corrected chi connectivity index (χ4v) is 4.32. The topological polar surface area (TPSA) is 119 Å². The normalized spacial score (nSPS) is 21.9. The first-order valence-electron chi connectivity index (χ1n) is 10.7. The summed E-state index contributed by atoms with van der Waals surface area (Å²) in [5.41, 5.74) is 1.25. The second-order valence-corrected chi connectivity index (χ2v) is 9.80. The lowest BCUT2D eigenvalue weighted by atomic mass is 10.2. The molecular weight excluding hydrogens is 467 g/mol. The quantitative estimate of drug-likeness (QED) is 0.423. The number of aldehydes is 1. The number of rotatable bonds is 8. The number of benzene rings is 2. The molecule has 2 aliphatic rings. The maximum atomic E-state index is 15.1. The maximum absolute atomic E-state index is 15.1. The zero-order chi connectivity index (χ0) is 24.5. The van der Waals surface area contributed by atoms with Crippen molar-refractivity contribution in [3.05, 3.63) is 54.3 Å². The number of hydrogen-bond acceptors (Lipinski definition) is 7. The molecule has 2 aromatic rings. The Morgan fingerprint density at radius 3 is 2.53 bits per heavy atom. The standard InChI is InChI=1S/C22H25FN4O6S/c1-15(34(30,31)32)24-12-18-13-27(21(14-28)33-18)17-7-8-20(19(23)11-17)26-10-9-25(22(26)29)16-5-3-2-4-6-16/h2-8,11,14-15,18,21,24H,9-10,12-13H2,1H3,(H,30,31,32)/t15?,18-,21?/m0/s1. The number of carbonyl (C=O) groups excluding carboxylic acids is 2. The number of ether oxygens (including phenoxy) is 1. The summed E-state index contributed by atoms with van der Waals surface area (Å²) < 4.78 is 52.1. The third-order valence-electron chi connectivity index (χ3n) is 5.87. The molecule has 0 aliphatic carbocycles. The highest BCUT2D eigenvalue weighted by molar-refractivity contribution is 7.86. The Morgan fingerprint density at radius 2 is 1.88 bits per heavy atom. The van der Waals surface area contributed by atoms with Crippen LogP contribution in [0.15, 0.2) is 48.5 Å². The fraction of sp³-hybridized carbons (Fsp3) is 0.364. The highest BCUT2D eigenvalue weighted by Gasteiger charge is 2.35. The van der Waals surface area contributed by atoms with Crippen LogP contribution >= 0.6 is 0 Å². The largest absolute Gasteiger partial charge is 0.345 e. The summed E-state index contributed by atoms with van der Waals surface area (Å²) in [5, 5.41) is 1.43. The van der Waals surface area contributed by atoms with Crippen molar-refractivity contribution in [1.82, 2.24) is 5.32 Å². The molecule has 0 aromatic heterocycles. The van der Waals surface area contributed by atoms with Gasteiger partial charge >= 0.3 is 6.03 Å². The van der Waals surface area contributed by atoms with E-state index in [9.17, 15) is 18.0 Å². The SMILES string of the molecule is CC(NC[C@H]1CN(c2ccc(N3CCN(c4ccccc4)C3=O)c(F)c2)C(C=O)O1)S(=O)(=O)O. The average Bonchev–Trinajstić information content (AvgIpc) is 3.40. The van der Waals surface area contributed by atoms with Gasteiger partial charge in [-0.1, -0.05) is 18.2 Å². The van der Waals surface area contributed by atoms with Gasteiger partial charge in [0.25, 0.3) is 10.1 Å². The van der Waals surface area contributed by atoms with Gasteiger partial charge in [-0.15, -0.1) is 0 Å². The monoisotopic (exact) mass is 492 g/mol. The van der Waals surface area contributed by atoms with Crippen molar-refractivity contribution >= 4 is 39.5 Å². The minimum absolute atomic E-state index is 0.0555. The van der Waals surface area contributed by atoms with Gasteiger partial charge in [0.05, 0.1) is 11.8 Å². The molecular formula is C22H25FN4O6S. The van der Waals surface area contributed by atoms with Gasteiger partial charge < -0.3 is 9.64 Å². The van der Waals surface area contributed by atoms with E-state index in [1.54, 1.807) is 15.9 Å². The van der Waals surface area contributed by atoms with Gasteiger partial charge in [0, 0.05) is 37.6 Å². The zero-order valence-electron chi connectivity index (χ0n) is 18.4. The Balaban J connectivity index is 1.46. The molecule has 0 bridgehead atoms. The van der Waals surface area contributed by atoms with Crippen LogP contribution in [0.5, 0.6) is 0 Å². The Kier molecular flexibility index (Phi) is 6.84. The molecule has 34 heavy (non-hydrogen) atoms. The summed E-state index contributed by atoms with van der Waals surface area (Å²) in [6.45, 7) is 2.28. The van der Waals surface area contributed by atoms with Crippen LogP contribution < -0.4 is 20.0 Å². The number of carbonyl (C=O) groups is 2. The molecule has 10 nitrogen and oxygen atoms in total. The number of hydrogen-bond donors (Lipinski definition) is 2. The molecule has 2 aromatic carbocycles. The van der Waals surface area contributed by atoms with E-state index in [0.717, 1.165) is 5.69 Å². The fourth-order valence-electron chi connectivity index (χ4n) is 4.01. The van der Waals surface area contributed by atoms with Crippen molar-refractivity contribution in [3.8, 4) is 0 Å². The predicted molar refractivity (Wildman–Crippen MR) is 124 cm³/mol. The Morgan fingerprint density at radius 1 is 1.18 bits per heavy atom. The summed E-state index contributed by atoms with van der Waals surface area (Å²) in [5.74, 6) is -0.619. The van der Waals surface area contributed by atoms with Gasteiger partial charge in [0.2, 0.25) is 0 Å². The molecule has 182 valence electrons. The number of halogens is 1. The van der Waals surface area contributed by atoms with Gasteiger partial charge in [0.15, 0.2) is 12.5 Å². The van der Waals surface area contributed by atoms with Gasteiger partial charge in [-0.3, -0.25) is 24.5 Å². The second-order valence-electron chi connectivity index (χ2n) is 8.06. The van der Waals surface area contributed by atoms with Crippen molar-refractivity contribution in [3.63, 3.8) is 0 Å². The Bertz CT molecular complexity index is 1170. The molecule has 2 saturated heterocycles. The average molecular weight is 493 g/mol. The second kappa shape index (κ2) is 9.66.